The van der Waals surface area contributed by atoms with Gasteiger partial charge in [0, 0.05) is 18.5 Å². The minimum Gasteiger partial charge on any atom is -0.396 e. The number of hydrogen-bond acceptors (Lipinski definition) is 6. The highest BCUT2D eigenvalue weighted by Crippen LogP contribution is 2.44. The molecule has 0 spiro atoms. The van der Waals surface area contributed by atoms with Crippen molar-refractivity contribution in [2.75, 3.05) is 30.7 Å². The van der Waals surface area contributed by atoms with Crippen LogP contribution in [0.25, 0.3) is 0 Å². The molecule has 0 bridgehead atoms. The maximum Gasteiger partial charge on any atom is 0.265 e. The van der Waals surface area contributed by atoms with Gasteiger partial charge in [-0.3, -0.25) is 4.79 Å². The summed E-state index contributed by atoms with van der Waals surface area (Å²) >= 11 is 1.26. The number of nitrogen functional groups attached to an aromatic ring is 1. The monoisotopic (exact) mass is 284 g/mol. The molecule has 0 atom stereocenters. The van der Waals surface area contributed by atoms with Gasteiger partial charge in [-0.2, -0.15) is 0 Å². The number of thiazole rings is 1. The number of carbonyl (C=O) groups is 1. The molecule has 0 aromatic carbocycles. The van der Waals surface area contributed by atoms with Crippen molar-refractivity contribution < 1.29 is 9.90 Å². The van der Waals surface area contributed by atoms with Gasteiger partial charge in [-0.05, 0) is 19.3 Å². The van der Waals surface area contributed by atoms with Gasteiger partial charge in [0.15, 0.2) is 5.13 Å². The lowest BCUT2D eigenvalue weighted by Gasteiger charge is -2.11. The first-order valence-corrected chi connectivity index (χ1v) is 7.31. The minimum atomic E-state index is -0.209. The molecule has 1 aromatic rings. The maximum atomic E-state index is 12.0. The highest BCUT2D eigenvalue weighted by atomic mass is 32.1. The van der Waals surface area contributed by atoms with Crippen LogP contribution in [0.2, 0.25) is 0 Å². The summed E-state index contributed by atoms with van der Waals surface area (Å²) in [5.74, 6) is 0.0502. The molecule has 1 aliphatic carbocycles. The molecule has 0 aliphatic heterocycles. The van der Waals surface area contributed by atoms with Crippen molar-refractivity contribution >= 4 is 28.2 Å². The SMILES string of the molecule is CCCNc1nc(N)c(C(=O)NCC2(CO)CC2)s1. The predicted molar refractivity (Wildman–Crippen MR) is 76.4 cm³/mol. The number of nitrogens with two attached hydrogens (primary N) is 1. The number of hydrogen-bond donors (Lipinski definition) is 4. The molecule has 1 aromatic heterocycles. The summed E-state index contributed by atoms with van der Waals surface area (Å²) in [4.78, 5) is 16.6. The number of anilines is 2. The average Bonchev–Trinajstić information content (AvgIpc) is 3.10. The Bertz CT molecular complexity index is 457. The molecule has 19 heavy (non-hydrogen) atoms. The van der Waals surface area contributed by atoms with E-state index in [4.69, 9.17) is 5.73 Å². The van der Waals surface area contributed by atoms with Crippen molar-refractivity contribution in [3.05, 3.63) is 4.88 Å². The Kier molecular flexibility index (Phi) is 4.26. The van der Waals surface area contributed by atoms with E-state index >= 15 is 0 Å². The standard InChI is InChI=1S/C12H20N4O2S/c1-2-5-14-11-16-9(13)8(19-11)10(18)15-6-12(7-17)3-4-12/h17H,2-7,13H2,1H3,(H,14,16)(H,15,18). The Labute approximate surface area is 116 Å². The Morgan fingerprint density at radius 1 is 1.58 bits per heavy atom. The molecule has 1 heterocycles. The Morgan fingerprint density at radius 2 is 2.32 bits per heavy atom. The van der Waals surface area contributed by atoms with Gasteiger partial charge in [0.05, 0.1) is 6.61 Å². The number of carbonyl (C=O) groups excluding carboxylic acids is 1. The first-order chi connectivity index (χ1) is 9.10. The van der Waals surface area contributed by atoms with Crippen molar-refractivity contribution in [2.24, 2.45) is 5.41 Å². The Morgan fingerprint density at radius 3 is 2.89 bits per heavy atom. The van der Waals surface area contributed by atoms with Crippen LogP contribution in [0, 0.1) is 5.41 Å². The van der Waals surface area contributed by atoms with Crippen molar-refractivity contribution in [3.63, 3.8) is 0 Å². The average molecular weight is 284 g/mol. The zero-order valence-electron chi connectivity index (χ0n) is 11.0. The van der Waals surface area contributed by atoms with Gasteiger partial charge in [-0.15, -0.1) is 0 Å². The van der Waals surface area contributed by atoms with E-state index in [0.29, 0.717) is 16.6 Å². The summed E-state index contributed by atoms with van der Waals surface area (Å²) in [5, 5.41) is 15.8. The summed E-state index contributed by atoms with van der Waals surface area (Å²) in [6.07, 6.45) is 2.91. The number of aliphatic hydroxyl groups excluding tert-OH is 1. The molecular formula is C12H20N4O2S. The van der Waals surface area contributed by atoms with Crippen LogP contribution in [-0.4, -0.2) is 35.7 Å². The number of aromatic nitrogens is 1. The Balaban J connectivity index is 1.93. The third-order valence-corrected chi connectivity index (χ3v) is 4.33. The summed E-state index contributed by atoms with van der Waals surface area (Å²) < 4.78 is 0. The third kappa shape index (κ3) is 3.36. The topological polar surface area (TPSA) is 100 Å². The van der Waals surface area contributed by atoms with Crippen LogP contribution in [0.3, 0.4) is 0 Å². The lowest BCUT2D eigenvalue weighted by Crippen LogP contribution is -2.31. The van der Waals surface area contributed by atoms with Gasteiger partial charge < -0.3 is 21.5 Å². The van der Waals surface area contributed by atoms with Gasteiger partial charge in [0.2, 0.25) is 0 Å². The van der Waals surface area contributed by atoms with E-state index in [1.54, 1.807) is 0 Å². The quantitative estimate of drug-likeness (QED) is 0.599. The molecule has 0 unspecified atom stereocenters. The highest BCUT2D eigenvalue weighted by Gasteiger charge is 2.42. The van der Waals surface area contributed by atoms with Crippen LogP contribution in [0.4, 0.5) is 10.9 Å². The van der Waals surface area contributed by atoms with Gasteiger partial charge >= 0.3 is 0 Å². The van der Waals surface area contributed by atoms with Crippen LogP contribution in [0.5, 0.6) is 0 Å². The first kappa shape index (κ1) is 14.1. The van der Waals surface area contributed by atoms with Crippen LogP contribution >= 0.6 is 11.3 Å². The summed E-state index contributed by atoms with van der Waals surface area (Å²) in [6.45, 7) is 3.48. The zero-order chi connectivity index (χ0) is 13.9. The molecule has 1 fully saturated rings. The van der Waals surface area contributed by atoms with Crippen LogP contribution < -0.4 is 16.4 Å². The van der Waals surface area contributed by atoms with E-state index in [1.165, 1.54) is 11.3 Å². The predicted octanol–water partition coefficient (Wildman–Crippen LogP) is 1.05. The molecule has 2 rings (SSSR count). The van der Waals surface area contributed by atoms with Gasteiger partial charge in [-0.25, -0.2) is 4.98 Å². The van der Waals surface area contributed by atoms with Gasteiger partial charge in [0.25, 0.3) is 5.91 Å². The first-order valence-electron chi connectivity index (χ1n) is 6.49. The highest BCUT2D eigenvalue weighted by molar-refractivity contribution is 7.18. The maximum absolute atomic E-state index is 12.0. The van der Waals surface area contributed by atoms with E-state index in [0.717, 1.165) is 25.8 Å². The number of nitrogens with zero attached hydrogens (tertiary/aromatic N) is 1. The van der Waals surface area contributed by atoms with E-state index in [2.05, 4.69) is 22.5 Å². The third-order valence-electron chi connectivity index (χ3n) is 3.30. The summed E-state index contributed by atoms with van der Waals surface area (Å²) in [7, 11) is 0. The molecular weight excluding hydrogens is 264 g/mol. The van der Waals surface area contributed by atoms with Crippen LogP contribution in [0.1, 0.15) is 35.9 Å². The number of nitrogens with one attached hydrogen (secondary N) is 2. The van der Waals surface area contributed by atoms with Gasteiger partial charge in [-0.1, -0.05) is 18.3 Å². The lowest BCUT2D eigenvalue weighted by atomic mass is 10.1. The molecule has 0 saturated heterocycles. The molecule has 6 nitrogen and oxygen atoms in total. The molecule has 1 saturated carbocycles. The normalized spacial score (nSPS) is 16.1. The minimum absolute atomic E-state index is 0.0988. The van der Waals surface area contributed by atoms with Crippen molar-refractivity contribution in [1.82, 2.24) is 10.3 Å². The van der Waals surface area contributed by atoms with Crippen molar-refractivity contribution in [2.45, 2.75) is 26.2 Å². The van der Waals surface area contributed by atoms with Gasteiger partial charge in [0.1, 0.15) is 10.7 Å². The number of rotatable bonds is 7. The fourth-order valence-corrected chi connectivity index (χ4v) is 2.54. The second-order valence-corrected chi connectivity index (χ2v) is 6.00. The van der Waals surface area contributed by atoms with E-state index in [-0.39, 0.29) is 23.7 Å². The van der Waals surface area contributed by atoms with Crippen molar-refractivity contribution in [3.8, 4) is 0 Å². The molecule has 106 valence electrons. The second kappa shape index (κ2) is 5.75. The molecule has 7 heteroatoms. The molecule has 0 radical (unpaired) electrons. The zero-order valence-corrected chi connectivity index (χ0v) is 11.8. The van der Waals surface area contributed by atoms with Crippen molar-refractivity contribution in [1.29, 1.82) is 0 Å². The fourth-order valence-electron chi connectivity index (χ4n) is 1.72. The largest absolute Gasteiger partial charge is 0.396 e. The van der Waals surface area contributed by atoms with Crippen LogP contribution in [-0.2, 0) is 0 Å². The number of amides is 1. The Hall–Kier alpha value is -1.34. The van der Waals surface area contributed by atoms with E-state index in [9.17, 15) is 9.90 Å². The molecule has 1 amide bonds. The fraction of sp³-hybridized carbons (Fsp3) is 0.667. The molecule has 5 N–H and O–H groups in total. The molecule has 1 aliphatic rings. The van der Waals surface area contributed by atoms with Crippen LogP contribution in [0.15, 0.2) is 0 Å². The number of aliphatic hydroxyl groups is 1. The van der Waals surface area contributed by atoms with E-state index < -0.39 is 0 Å². The summed E-state index contributed by atoms with van der Waals surface area (Å²) in [6, 6.07) is 0. The smallest absolute Gasteiger partial charge is 0.265 e. The van der Waals surface area contributed by atoms with E-state index in [1.807, 2.05) is 0 Å². The lowest BCUT2D eigenvalue weighted by molar-refractivity contribution is 0.0940. The second-order valence-electron chi connectivity index (χ2n) is 5.00. The summed E-state index contributed by atoms with van der Waals surface area (Å²) in [5.41, 5.74) is 5.65.